The first-order valence-electron chi connectivity index (χ1n) is 32.7. The van der Waals surface area contributed by atoms with Crippen molar-refractivity contribution in [2.24, 2.45) is 0 Å². The number of aliphatic hydroxyl groups excluding tert-OH is 2. The molecule has 0 aliphatic rings. The van der Waals surface area contributed by atoms with Crippen molar-refractivity contribution in [2.75, 3.05) is 13.2 Å². The van der Waals surface area contributed by atoms with Gasteiger partial charge in [0.05, 0.1) is 25.4 Å². The fourth-order valence-corrected chi connectivity index (χ4v) is 10.1. The zero-order valence-corrected chi connectivity index (χ0v) is 49.1. The van der Waals surface area contributed by atoms with Crippen molar-refractivity contribution >= 4 is 11.9 Å². The summed E-state index contributed by atoms with van der Waals surface area (Å²) in [6, 6.07) is -0.538. The van der Waals surface area contributed by atoms with Crippen LogP contribution in [0.1, 0.15) is 354 Å². The summed E-state index contributed by atoms with van der Waals surface area (Å²) in [7, 11) is 0. The average Bonchev–Trinajstić information content (AvgIpc) is 3.39. The number of nitrogens with one attached hydrogen (secondary N) is 1. The van der Waals surface area contributed by atoms with Crippen LogP contribution in [0.25, 0.3) is 0 Å². The normalized spacial score (nSPS) is 12.8. The summed E-state index contributed by atoms with van der Waals surface area (Å²) < 4.78 is 5.47. The molecule has 0 aromatic rings. The van der Waals surface area contributed by atoms with E-state index in [-0.39, 0.29) is 18.5 Å². The smallest absolute Gasteiger partial charge is 0.305 e. The van der Waals surface area contributed by atoms with Crippen molar-refractivity contribution in [2.45, 2.75) is 366 Å². The number of carbonyl (C=O) groups is 2. The van der Waals surface area contributed by atoms with Crippen molar-refractivity contribution in [1.29, 1.82) is 0 Å². The van der Waals surface area contributed by atoms with E-state index in [2.05, 4.69) is 55.6 Å². The number of allylic oxidation sites excluding steroid dienone is 6. The van der Waals surface area contributed by atoms with Gasteiger partial charge in [0.1, 0.15) is 0 Å². The van der Waals surface area contributed by atoms with Crippen molar-refractivity contribution in [1.82, 2.24) is 5.32 Å². The highest BCUT2D eigenvalue weighted by Crippen LogP contribution is 2.18. The molecule has 0 saturated carbocycles. The monoisotopic (exact) mass is 1030 g/mol. The highest BCUT2D eigenvalue weighted by molar-refractivity contribution is 5.76. The Balaban J connectivity index is 3.34. The first-order chi connectivity index (χ1) is 36.0. The minimum atomic E-state index is -0.661. The summed E-state index contributed by atoms with van der Waals surface area (Å²) in [5.74, 6) is -0.0295. The topological polar surface area (TPSA) is 95.9 Å². The minimum absolute atomic E-state index is 0.00274. The lowest BCUT2D eigenvalue weighted by Gasteiger charge is -2.22. The maximum Gasteiger partial charge on any atom is 0.305 e. The molecule has 0 bridgehead atoms. The summed E-state index contributed by atoms with van der Waals surface area (Å²) >= 11 is 0. The number of unbranched alkanes of at least 4 members (excludes halogenated alkanes) is 44. The summed E-state index contributed by atoms with van der Waals surface area (Å²) in [5, 5.41) is 23.2. The maximum atomic E-state index is 12.5. The van der Waals surface area contributed by atoms with Crippen LogP contribution in [-0.2, 0) is 14.3 Å². The predicted molar refractivity (Wildman–Crippen MR) is 319 cm³/mol. The zero-order valence-electron chi connectivity index (χ0n) is 49.1. The van der Waals surface area contributed by atoms with E-state index in [4.69, 9.17) is 4.74 Å². The molecule has 6 heteroatoms. The van der Waals surface area contributed by atoms with Crippen molar-refractivity contribution < 1.29 is 24.5 Å². The molecule has 0 saturated heterocycles. The van der Waals surface area contributed by atoms with E-state index in [1.54, 1.807) is 0 Å². The lowest BCUT2D eigenvalue weighted by molar-refractivity contribution is -0.143. The van der Waals surface area contributed by atoms with Gasteiger partial charge in [0.25, 0.3) is 0 Å². The fourth-order valence-electron chi connectivity index (χ4n) is 10.1. The van der Waals surface area contributed by atoms with Crippen LogP contribution in [0.3, 0.4) is 0 Å². The Bertz CT molecular complexity index is 1180. The lowest BCUT2D eigenvalue weighted by atomic mass is 10.0. The SMILES string of the molecule is CCC/C=C\C/C=C\CCCCCCCC(=O)OCCCCCCCCCCCCCC/C=C\CCCCCCCCCCCCCCCCCCC(=O)NC(CO)C(O)CCCCCCCCCCCCC. The van der Waals surface area contributed by atoms with Crippen LogP contribution in [0.5, 0.6) is 0 Å². The third-order valence-electron chi connectivity index (χ3n) is 15.1. The Morgan fingerprint density at radius 2 is 0.712 bits per heavy atom. The molecule has 6 nitrogen and oxygen atoms in total. The molecule has 2 unspecified atom stereocenters. The molecule has 0 aromatic heterocycles. The number of ether oxygens (including phenoxy) is 1. The van der Waals surface area contributed by atoms with E-state index in [1.807, 2.05) is 0 Å². The Morgan fingerprint density at radius 1 is 0.384 bits per heavy atom. The Labute approximate surface area is 455 Å². The standard InChI is InChI=1S/C67H127NO5/c1-3-5-7-9-11-13-15-36-41-45-49-53-57-61-67(72)73-62-58-54-50-46-42-38-35-33-31-29-27-25-23-21-19-17-16-18-20-22-24-26-28-30-32-34-37-40-44-48-52-56-60-66(71)68-64(63-69)65(70)59-55-51-47-43-39-14-12-10-8-6-4-2/h7,9,13,15,19,21,64-65,69-70H,3-6,8,10-12,14,16-18,20,22-63H2,1-2H3,(H,68,71)/b9-7-,15-13-,21-19-. The van der Waals surface area contributed by atoms with E-state index in [1.165, 1.54) is 270 Å². The largest absolute Gasteiger partial charge is 0.466 e. The van der Waals surface area contributed by atoms with E-state index < -0.39 is 12.1 Å². The van der Waals surface area contributed by atoms with Gasteiger partial charge >= 0.3 is 5.97 Å². The number of hydrogen-bond acceptors (Lipinski definition) is 5. The van der Waals surface area contributed by atoms with E-state index >= 15 is 0 Å². The minimum Gasteiger partial charge on any atom is -0.466 e. The molecular weight excluding hydrogens is 899 g/mol. The van der Waals surface area contributed by atoms with E-state index in [0.29, 0.717) is 25.9 Å². The number of hydrogen-bond donors (Lipinski definition) is 3. The summed E-state index contributed by atoms with van der Waals surface area (Å²) in [5.41, 5.74) is 0. The van der Waals surface area contributed by atoms with Crippen molar-refractivity contribution in [3.63, 3.8) is 0 Å². The van der Waals surface area contributed by atoms with Gasteiger partial charge in [-0.1, -0.05) is 301 Å². The van der Waals surface area contributed by atoms with Gasteiger partial charge in [-0.2, -0.15) is 0 Å². The molecule has 3 N–H and O–H groups in total. The lowest BCUT2D eigenvalue weighted by Crippen LogP contribution is -2.45. The average molecular weight is 1030 g/mol. The molecule has 0 aliphatic carbocycles. The van der Waals surface area contributed by atoms with Gasteiger partial charge in [-0.3, -0.25) is 9.59 Å². The van der Waals surface area contributed by atoms with E-state index in [0.717, 1.165) is 51.4 Å². The molecular formula is C67H127NO5. The van der Waals surface area contributed by atoms with Gasteiger partial charge in [0, 0.05) is 12.8 Å². The maximum absolute atomic E-state index is 12.5. The fraction of sp³-hybridized carbons (Fsp3) is 0.881. The van der Waals surface area contributed by atoms with Gasteiger partial charge in [0.2, 0.25) is 5.91 Å². The van der Waals surface area contributed by atoms with Crippen LogP contribution < -0.4 is 5.32 Å². The molecule has 0 heterocycles. The Hall–Kier alpha value is -1.92. The van der Waals surface area contributed by atoms with Gasteiger partial charge in [-0.15, -0.1) is 0 Å². The van der Waals surface area contributed by atoms with Crippen LogP contribution in [0, 0.1) is 0 Å². The third kappa shape index (κ3) is 59.2. The number of esters is 1. The second kappa shape index (κ2) is 62.6. The molecule has 0 spiro atoms. The second-order valence-electron chi connectivity index (χ2n) is 22.4. The van der Waals surface area contributed by atoms with Crippen molar-refractivity contribution in [3.8, 4) is 0 Å². The molecule has 2 atom stereocenters. The zero-order chi connectivity index (χ0) is 52.9. The first-order valence-corrected chi connectivity index (χ1v) is 32.7. The molecule has 0 aliphatic heterocycles. The van der Waals surface area contributed by atoms with E-state index in [9.17, 15) is 19.8 Å². The summed E-state index contributed by atoms with van der Waals surface area (Å²) in [6.07, 6.45) is 79.0. The molecule has 1 amide bonds. The highest BCUT2D eigenvalue weighted by atomic mass is 16.5. The van der Waals surface area contributed by atoms with Gasteiger partial charge < -0.3 is 20.3 Å². The van der Waals surface area contributed by atoms with Gasteiger partial charge in [-0.25, -0.2) is 0 Å². The third-order valence-corrected chi connectivity index (χ3v) is 15.1. The van der Waals surface area contributed by atoms with Gasteiger partial charge in [-0.05, 0) is 77.0 Å². The van der Waals surface area contributed by atoms with Crippen LogP contribution in [-0.4, -0.2) is 47.4 Å². The number of rotatable bonds is 61. The molecule has 73 heavy (non-hydrogen) atoms. The molecule has 0 aromatic carbocycles. The second-order valence-corrected chi connectivity index (χ2v) is 22.4. The number of amides is 1. The van der Waals surface area contributed by atoms with Crippen molar-refractivity contribution in [3.05, 3.63) is 36.5 Å². The first kappa shape index (κ1) is 71.1. The highest BCUT2D eigenvalue weighted by Gasteiger charge is 2.20. The Morgan fingerprint density at radius 3 is 1.11 bits per heavy atom. The quantitative estimate of drug-likeness (QED) is 0.0320. The van der Waals surface area contributed by atoms with Crippen LogP contribution >= 0.6 is 0 Å². The number of aliphatic hydroxyl groups is 2. The predicted octanol–water partition coefficient (Wildman–Crippen LogP) is 20.8. The molecule has 0 rings (SSSR count). The van der Waals surface area contributed by atoms with Crippen LogP contribution in [0.4, 0.5) is 0 Å². The summed E-state index contributed by atoms with van der Waals surface area (Å²) in [6.45, 7) is 4.89. The molecule has 0 fully saturated rings. The molecule has 0 radical (unpaired) electrons. The number of carbonyl (C=O) groups excluding carboxylic acids is 2. The van der Waals surface area contributed by atoms with Crippen LogP contribution in [0.15, 0.2) is 36.5 Å². The van der Waals surface area contributed by atoms with Crippen LogP contribution in [0.2, 0.25) is 0 Å². The summed E-state index contributed by atoms with van der Waals surface area (Å²) in [4.78, 5) is 24.5. The van der Waals surface area contributed by atoms with Gasteiger partial charge in [0.15, 0.2) is 0 Å². The Kier molecular flexibility index (Phi) is 61.0. The molecule has 430 valence electrons.